The number of amides is 5. The average molecular weight is 1210 g/mol. The number of hydrogen-bond acceptors (Lipinski definition) is 9. The predicted octanol–water partition coefficient (Wildman–Crippen LogP) is 10.2. The molecular weight excluding hydrogens is 1110 g/mol. The van der Waals surface area contributed by atoms with Crippen LogP contribution in [0.2, 0.25) is 0 Å². The Morgan fingerprint density at radius 1 is 0.565 bits per heavy atom. The van der Waals surface area contributed by atoms with Crippen LogP contribution in [0.3, 0.4) is 0 Å². The number of carbonyl (C=O) groups excluding carboxylic acids is 4. The van der Waals surface area contributed by atoms with Gasteiger partial charge in [0.15, 0.2) is 0 Å². The van der Waals surface area contributed by atoms with Gasteiger partial charge in [-0.15, -0.1) is 0 Å². The minimum atomic E-state index is -1.06. The topological polar surface area (TPSA) is 179 Å². The van der Waals surface area contributed by atoms with Gasteiger partial charge in [0, 0.05) is 84.9 Å². The summed E-state index contributed by atoms with van der Waals surface area (Å²) in [5, 5.41) is 38.3. The number of piperidine rings is 4. The zero-order chi connectivity index (χ0) is 62.1. The van der Waals surface area contributed by atoms with Crippen LogP contribution in [0.4, 0.5) is 27.2 Å². The van der Waals surface area contributed by atoms with Gasteiger partial charge in [0.2, 0.25) is 11.8 Å². The normalized spacial score (nSPS) is 20.8. The van der Waals surface area contributed by atoms with Crippen LogP contribution < -0.4 is 26.6 Å². The second kappa shape index (κ2) is 31.3. The number of aliphatic hydroxyl groups is 2. The Balaban J connectivity index is 0.000000241. The highest BCUT2D eigenvalue weighted by atomic mass is 35.5. The largest absolute Gasteiger partial charge is 0.390 e. The summed E-state index contributed by atoms with van der Waals surface area (Å²) in [6.07, 6.45) is 8.23. The molecule has 4 saturated heterocycles. The lowest BCUT2D eigenvalue weighted by atomic mass is 9.78. The van der Waals surface area contributed by atoms with E-state index in [2.05, 4.69) is 111 Å². The first-order valence-corrected chi connectivity index (χ1v) is 30.7. The molecular formula is C66H93ClF4N8O6. The minimum absolute atomic E-state index is 0.00947. The van der Waals surface area contributed by atoms with Gasteiger partial charge < -0.3 is 51.5 Å². The van der Waals surface area contributed by atoms with Gasteiger partial charge >= 0.3 is 11.4 Å². The molecule has 5 amide bonds. The Morgan fingerprint density at radius 3 is 1.38 bits per heavy atom. The summed E-state index contributed by atoms with van der Waals surface area (Å²) < 4.78 is 55.1. The number of carbonyl (C=O) groups is 4. The van der Waals surface area contributed by atoms with Gasteiger partial charge in [-0.25, -0.2) is 22.4 Å². The monoisotopic (exact) mass is 1200 g/mol. The molecule has 0 bridgehead atoms. The third kappa shape index (κ3) is 20.8. The van der Waals surface area contributed by atoms with Crippen LogP contribution in [0.15, 0.2) is 84.9 Å². The molecule has 0 aromatic heterocycles. The Hall–Kier alpha value is -5.63. The van der Waals surface area contributed by atoms with E-state index in [4.69, 9.17) is 11.6 Å². The van der Waals surface area contributed by atoms with Crippen LogP contribution in [-0.2, 0) is 44.3 Å². The first-order valence-electron chi connectivity index (χ1n) is 30.4. The summed E-state index contributed by atoms with van der Waals surface area (Å²) in [6.45, 7) is 22.1. The lowest BCUT2D eigenvalue weighted by Crippen LogP contribution is -2.60. The first kappa shape index (κ1) is 68.5. The smallest absolute Gasteiger partial charge is 0.320 e. The molecule has 4 aliphatic rings. The third-order valence-electron chi connectivity index (χ3n) is 16.7. The highest BCUT2D eigenvalue weighted by Gasteiger charge is 2.41. The molecule has 8 rings (SSSR count). The van der Waals surface area contributed by atoms with Gasteiger partial charge in [-0.1, -0.05) is 90.1 Å². The standard InChI is InChI=1S/C33H46F2N4O3.C27H37F2N3O2.C6H10ClNO/c1-23(40)37-29(18-24-16-27(34)20-28(35)17-24)30(41)21-36-33(26-11-8-10-25(19-26)32(2,3)4)12-9-15-39(22-33)31(42)38-13-6-5-7-14-38;1-18(33)32-24(13-19-11-22(28)15-23(29)12-19)25(34)16-31-27(9-6-10-30-17-27)21-8-5-7-20(14-21)26(2,3)4;7-6(9)8-4-2-1-3-5-8/h8,10-11,16-17,19-20,29-30,36,41H,5-7,9,12-15,18,21-22H2,1-4H3,(H,37,40);5,7-8,11-12,14-15,24-25,30-31,34H,6,9-10,13,16-17H2,1-4H3,(H,32,33);1-5H2. The summed E-state index contributed by atoms with van der Waals surface area (Å²) in [6, 6.07) is 22.0. The van der Waals surface area contributed by atoms with Crippen molar-refractivity contribution in [1.29, 1.82) is 0 Å². The second-order valence-corrected chi connectivity index (χ2v) is 26.1. The maximum atomic E-state index is 13.9. The van der Waals surface area contributed by atoms with E-state index in [-0.39, 0.29) is 65.5 Å². The summed E-state index contributed by atoms with van der Waals surface area (Å²) in [7, 11) is 0. The van der Waals surface area contributed by atoms with Crippen molar-refractivity contribution in [3.63, 3.8) is 0 Å². The number of likely N-dealkylation sites (tertiary alicyclic amines) is 3. The number of urea groups is 1. The van der Waals surface area contributed by atoms with Gasteiger partial charge in [-0.3, -0.25) is 14.4 Å². The van der Waals surface area contributed by atoms with Gasteiger partial charge in [-0.2, -0.15) is 0 Å². The molecule has 0 radical (unpaired) electrons. The maximum absolute atomic E-state index is 13.9. The Morgan fingerprint density at radius 2 is 0.976 bits per heavy atom. The number of nitrogens with zero attached hydrogens (tertiary/aromatic N) is 3. The van der Waals surface area contributed by atoms with Crippen LogP contribution >= 0.6 is 11.6 Å². The third-order valence-corrected chi connectivity index (χ3v) is 16.9. The minimum Gasteiger partial charge on any atom is -0.390 e. The fraction of sp³-hybridized carbons (Fsp3) is 0.576. The molecule has 0 spiro atoms. The van der Waals surface area contributed by atoms with Crippen LogP contribution in [-0.4, -0.2) is 138 Å². The van der Waals surface area contributed by atoms with Gasteiger partial charge in [0.1, 0.15) is 23.3 Å². The van der Waals surface area contributed by atoms with Crippen molar-refractivity contribution in [2.24, 2.45) is 0 Å². The molecule has 19 heteroatoms. The summed E-state index contributed by atoms with van der Waals surface area (Å²) in [5.41, 5.74) is 4.26. The molecule has 468 valence electrons. The molecule has 14 nitrogen and oxygen atoms in total. The molecule has 4 aromatic rings. The van der Waals surface area contributed by atoms with Crippen molar-refractivity contribution in [3.8, 4) is 0 Å². The van der Waals surface area contributed by atoms with E-state index < -0.39 is 53.1 Å². The van der Waals surface area contributed by atoms with E-state index >= 15 is 0 Å². The lowest BCUT2D eigenvalue weighted by Gasteiger charge is -2.46. The zero-order valence-corrected chi connectivity index (χ0v) is 52.0. The van der Waals surface area contributed by atoms with E-state index in [1.54, 1.807) is 4.90 Å². The fourth-order valence-electron chi connectivity index (χ4n) is 12.0. The molecule has 4 heterocycles. The zero-order valence-electron chi connectivity index (χ0n) is 51.2. The van der Waals surface area contributed by atoms with Crippen LogP contribution in [0.1, 0.15) is 153 Å². The SMILES string of the molecule is CC(=O)NC(Cc1cc(F)cc(F)c1)C(O)CNC1(c2cccc(C(C)(C)C)c2)CCCN(C(=O)N2CCCCC2)C1.CC(=O)NC(Cc1cc(F)cc(F)c1)C(O)CNC1(c2cccc(C(C)(C)C)c2)CCCNC1.O=C(Cl)N1CCCCC1. The van der Waals surface area contributed by atoms with E-state index in [0.717, 1.165) is 114 Å². The first-order chi connectivity index (χ1) is 40.1. The maximum Gasteiger partial charge on any atom is 0.320 e. The Kier molecular flexibility index (Phi) is 25.2. The molecule has 85 heavy (non-hydrogen) atoms. The van der Waals surface area contributed by atoms with Crippen molar-refractivity contribution in [3.05, 3.63) is 142 Å². The summed E-state index contributed by atoms with van der Waals surface area (Å²) in [4.78, 5) is 53.5. The molecule has 4 aliphatic heterocycles. The number of hydrogen-bond donors (Lipinski definition) is 7. The lowest BCUT2D eigenvalue weighted by molar-refractivity contribution is -0.121. The molecule has 4 aromatic carbocycles. The van der Waals surface area contributed by atoms with Crippen molar-refractivity contribution >= 4 is 34.8 Å². The molecule has 6 unspecified atom stereocenters. The van der Waals surface area contributed by atoms with Gasteiger partial charge in [-0.05, 0) is 164 Å². The van der Waals surface area contributed by atoms with Crippen molar-refractivity contribution in [2.75, 3.05) is 65.4 Å². The van der Waals surface area contributed by atoms with E-state index in [0.29, 0.717) is 30.8 Å². The van der Waals surface area contributed by atoms with Crippen molar-refractivity contribution in [2.45, 2.75) is 179 Å². The summed E-state index contributed by atoms with van der Waals surface area (Å²) in [5.74, 6) is -3.45. The van der Waals surface area contributed by atoms with E-state index in [9.17, 15) is 47.0 Å². The molecule has 7 N–H and O–H groups in total. The van der Waals surface area contributed by atoms with Crippen molar-refractivity contribution in [1.82, 2.24) is 41.3 Å². The highest BCUT2D eigenvalue weighted by Crippen LogP contribution is 2.36. The number of nitrogens with one attached hydrogen (secondary N) is 5. The van der Waals surface area contributed by atoms with Gasteiger partial charge in [0.05, 0.1) is 35.4 Å². The number of rotatable bonds is 16. The number of halogens is 5. The second-order valence-electron chi connectivity index (χ2n) is 25.7. The van der Waals surface area contributed by atoms with E-state index in [1.165, 1.54) is 55.7 Å². The highest BCUT2D eigenvalue weighted by molar-refractivity contribution is 6.62. The van der Waals surface area contributed by atoms with Crippen molar-refractivity contribution < 1.29 is 47.0 Å². The van der Waals surface area contributed by atoms with Crippen LogP contribution in [0.25, 0.3) is 0 Å². The number of aliphatic hydroxyl groups excluding tert-OH is 2. The molecule has 6 atom stereocenters. The number of benzene rings is 4. The molecule has 4 fully saturated rings. The van der Waals surface area contributed by atoms with Crippen LogP contribution in [0.5, 0.6) is 0 Å². The molecule has 0 aliphatic carbocycles. The van der Waals surface area contributed by atoms with Crippen LogP contribution in [0, 0.1) is 23.3 Å². The fourth-order valence-corrected chi connectivity index (χ4v) is 12.1. The molecule has 0 saturated carbocycles. The summed E-state index contributed by atoms with van der Waals surface area (Å²) >= 11 is 5.24. The average Bonchev–Trinajstić information content (AvgIpc) is 2.19. The van der Waals surface area contributed by atoms with Gasteiger partial charge in [0.25, 0.3) is 0 Å². The predicted molar refractivity (Wildman–Crippen MR) is 327 cm³/mol. The van der Waals surface area contributed by atoms with E-state index in [1.807, 2.05) is 15.9 Å². The Labute approximate surface area is 506 Å². The Bertz CT molecular complexity index is 2790. The quantitative estimate of drug-likeness (QED) is 0.0327.